The van der Waals surface area contributed by atoms with Crippen molar-refractivity contribution in [1.82, 2.24) is 15.1 Å². The van der Waals surface area contributed by atoms with E-state index in [4.69, 9.17) is 16.0 Å². The van der Waals surface area contributed by atoms with Crippen LogP contribution in [0, 0.1) is 0 Å². The number of aliphatic hydroxyl groups is 1. The summed E-state index contributed by atoms with van der Waals surface area (Å²) >= 11 is 6.47. The van der Waals surface area contributed by atoms with E-state index in [1.807, 2.05) is 11.9 Å². The van der Waals surface area contributed by atoms with Gasteiger partial charge in [-0.3, -0.25) is 9.69 Å². The van der Waals surface area contributed by atoms with E-state index in [0.29, 0.717) is 60.6 Å². The first-order valence-electron chi connectivity index (χ1n) is 14.4. The molecule has 1 unspecified atom stereocenters. The molecule has 218 valence electrons. The van der Waals surface area contributed by atoms with Crippen molar-refractivity contribution >= 4 is 28.7 Å². The highest BCUT2D eigenvalue weighted by molar-refractivity contribution is 6.33. The van der Waals surface area contributed by atoms with E-state index in [1.54, 1.807) is 30.3 Å². The van der Waals surface area contributed by atoms with E-state index in [-0.39, 0.29) is 28.5 Å². The van der Waals surface area contributed by atoms with Gasteiger partial charge >= 0.3 is 6.09 Å². The van der Waals surface area contributed by atoms with Gasteiger partial charge in [-0.05, 0) is 76.0 Å². The first kappa shape index (κ1) is 28.0. The van der Waals surface area contributed by atoms with Crippen LogP contribution >= 0.6 is 11.6 Å². The van der Waals surface area contributed by atoms with E-state index in [9.17, 15) is 24.9 Å². The summed E-state index contributed by atoms with van der Waals surface area (Å²) in [4.78, 5) is 29.8. The minimum Gasteiger partial charge on any atom is -0.507 e. The fourth-order valence-electron chi connectivity index (χ4n) is 6.85. The average molecular weight is 582 g/mol. The van der Waals surface area contributed by atoms with Crippen molar-refractivity contribution in [2.75, 3.05) is 33.2 Å². The molecule has 3 aliphatic rings. The first-order chi connectivity index (χ1) is 19.7. The molecule has 2 aliphatic heterocycles. The van der Waals surface area contributed by atoms with Crippen LogP contribution in [0.15, 0.2) is 45.6 Å². The average Bonchev–Trinajstić information content (AvgIpc) is 3.74. The second-order valence-electron chi connectivity index (χ2n) is 11.8. The molecule has 3 atom stereocenters. The topological polar surface area (TPSA) is 126 Å². The molecule has 3 fully saturated rings. The van der Waals surface area contributed by atoms with Crippen LogP contribution in [0.5, 0.6) is 5.75 Å². The number of piperidine rings is 2. The lowest BCUT2D eigenvalue weighted by Crippen LogP contribution is -2.50. The highest BCUT2D eigenvalue weighted by atomic mass is 35.5. The van der Waals surface area contributed by atoms with Crippen LogP contribution in [0.25, 0.3) is 22.3 Å². The normalized spacial score (nSPS) is 24.3. The molecule has 3 aromatic rings. The van der Waals surface area contributed by atoms with Gasteiger partial charge in [-0.25, -0.2) is 4.79 Å². The monoisotopic (exact) mass is 581 g/mol. The van der Waals surface area contributed by atoms with Crippen molar-refractivity contribution in [3.63, 3.8) is 0 Å². The lowest BCUT2D eigenvalue weighted by Gasteiger charge is -2.39. The summed E-state index contributed by atoms with van der Waals surface area (Å²) in [5.74, 6) is -0.428. The molecule has 3 heterocycles. The Kier molecular flexibility index (Phi) is 7.48. The molecule has 1 amide bonds. The van der Waals surface area contributed by atoms with Gasteiger partial charge in [0.25, 0.3) is 0 Å². The van der Waals surface area contributed by atoms with Gasteiger partial charge in [0.1, 0.15) is 22.5 Å². The molecular weight excluding hydrogens is 546 g/mol. The van der Waals surface area contributed by atoms with E-state index in [1.165, 1.54) is 11.0 Å². The molecule has 0 spiro atoms. The number of rotatable bonds is 6. The number of hydrogen-bond donors (Lipinski definition) is 4. The first-order valence-corrected chi connectivity index (χ1v) is 14.8. The van der Waals surface area contributed by atoms with Gasteiger partial charge < -0.3 is 30.0 Å². The zero-order valence-electron chi connectivity index (χ0n) is 23.1. The van der Waals surface area contributed by atoms with Crippen LogP contribution in [-0.4, -0.2) is 76.6 Å². The number of likely N-dealkylation sites (tertiary alicyclic amines) is 1. The molecule has 1 saturated carbocycles. The Labute approximate surface area is 243 Å². The molecule has 1 aromatic heterocycles. The van der Waals surface area contributed by atoms with Crippen LogP contribution < -0.4 is 10.7 Å². The van der Waals surface area contributed by atoms with Gasteiger partial charge in [-0.2, -0.15) is 0 Å². The minimum absolute atomic E-state index is 0.0253. The van der Waals surface area contributed by atoms with Gasteiger partial charge in [0.2, 0.25) is 0 Å². The van der Waals surface area contributed by atoms with Crippen LogP contribution in [0.2, 0.25) is 5.02 Å². The number of likely N-dealkylation sites (N-methyl/N-ethyl adjacent to an activating group) is 1. The number of carbonyl (C=O) groups is 1. The van der Waals surface area contributed by atoms with E-state index in [2.05, 4.69) is 5.32 Å². The number of hydrogen-bond acceptors (Lipinski definition) is 7. The standard InChI is InChI=1S/C31H36ClN3O6/c1-34-13-9-20(25(38)17-34)27-21(31(10-11-31)35(30(39)40)16-18-6-4-5-12-33-18)14-23(36)28-24(37)15-26(41-29(27)28)19-7-2-3-8-22(19)32/h2-3,7-8,14-15,18,20,25,33,36,38H,4-6,9-13,16-17H2,1H3,(H,39,40)/t18?,20-,25+/m0/s1. The Morgan fingerprint density at radius 1 is 1.22 bits per heavy atom. The predicted molar refractivity (Wildman–Crippen MR) is 157 cm³/mol. The summed E-state index contributed by atoms with van der Waals surface area (Å²) < 4.78 is 6.46. The van der Waals surface area contributed by atoms with Crippen molar-refractivity contribution in [1.29, 1.82) is 0 Å². The van der Waals surface area contributed by atoms with Gasteiger partial charge in [-0.1, -0.05) is 30.2 Å². The Morgan fingerprint density at radius 3 is 2.66 bits per heavy atom. The Balaban J connectivity index is 1.58. The fraction of sp³-hybridized carbons (Fsp3) is 0.484. The van der Waals surface area contributed by atoms with E-state index < -0.39 is 29.1 Å². The number of carboxylic acid groups (broad SMARTS) is 1. The molecule has 41 heavy (non-hydrogen) atoms. The molecule has 0 bridgehead atoms. The van der Waals surface area contributed by atoms with Crippen LogP contribution in [0.4, 0.5) is 4.79 Å². The molecule has 10 heteroatoms. The summed E-state index contributed by atoms with van der Waals surface area (Å²) in [6.45, 7) is 2.29. The molecule has 4 N–H and O–H groups in total. The number of nitrogens with one attached hydrogen (secondary N) is 1. The zero-order valence-corrected chi connectivity index (χ0v) is 23.9. The third-order valence-electron chi connectivity index (χ3n) is 9.10. The SMILES string of the molecule is CN1CC[C@H](c2c(C3(N(CC4CCCCN4)C(=O)O)CC3)cc(O)c3c(=O)cc(-c4ccccc4Cl)oc23)[C@H](O)C1. The lowest BCUT2D eigenvalue weighted by atomic mass is 9.80. The smallest absolute Gasteiger partial charge is 0.408 e. The third kappa shape index (κ3) is 5.09. The summed E-state index contributed by atoms with van der Waals surface area (Å²) in [6.07, 6.45) is 2.91. The van der Waals surface area contributed by atoms with Crippen molar-refractivity contribution in [3.05, 3.63) is 62.8 Å². The fourth-order valence-corrected chi connectivity index (χ4v) is 7.08. The molecule has 0 radical (unpaired) electrons. The number of amides is 1. The molecule has 2 saturated heterocycles. The Morgan fingerprint density at radius 2 is 2.00 bits per heavy atom. The Hall–Kier alpha value is -3.11. The van der Waals surface area contributed by atoms with E-state index >= 15 is 0 Å². The van der Waals surface area contributed by atoms with Gasteiger partial charge in [-0.15, -0.1) is 0 Å². The molecule has 9 nitrogen and oxygen atoms in total. The number of fused-ring (bicyclic) bond motifs is 1. The van der Waals surface area contributed by atoms with Gasteiger partial charge in [0.05, 0.1) is 16.7 Å². The number of phenolic OH excluding ortho intramolecular Hbond substituents is 1. The number of halogens is 1. The number of β-amino-alcohol motifs (C(OH)–C–C–N with tert-alkyl or cyclic N) is 1. The second-order valence-corrected chi connectivity index (χ2v) is 12.2. The molecule has 6 rings (SSSR count). The zero-order chi connectivity index (χ0) is 28.9. The highest BCUT2D eigenvalue weighted by Crippen LogP contribution is 2.56. The van der Waals surface area contributed by atoms with Crippen molar-refractivity contribution in [2.45, 2.75) is 62.1 Å². The number of aliphatic hydroxyl groups excluding tert-OH is 1. The van der Waals surface area contributed by atoms with Crippen molar-refractivity contribution in [3.8, 4) is 17.1 Å². The molecule has 2 aromatic carbocycles. The van der Waals surface area contributed by atoms with E-state index in [0.717, 1.165) is 25.8 Å². The van der Waals surface area contributed by atoms with Crippen molar-refractivity contribution in [2.24, 2.45) is 0 Å². The summed E-state index contributed by atoms with van der Waals surface area (Å²) in [7, 11) is 1.94. The molecule has 1 aliphatic carbocycles. The predicted octanol–water partition coefficient (Wildman–Crippen LogP) is 4.71. The molecular formula is C31H36ClN3O6. The largest absolute Gasteiger partial charge is 0.507 e. The summed E-state index contributed by atoms with van der Waals surface area (Å²) in [5.41, 5.74) is 0.598. The summed E-state index contributed by atoms with van der Waals surface area (Å²) in [5, 5.41) is 37.0. The number of aromatic hydroxyl groups is 1. The maximum atomic E-state index is 13.5. The number of phenols is 1. The van der Waals surface area contributed by atoms with Gasteiger partial charge in [0.15, 0.2) is 5.43 Å². The minimum atomic E-state index is -1.03. The lowest BCUT2D eigenvalue weighted by molar-refractivity contribution is 0.0624. The van der Waals surface area contributed by atoms with Gasteiger partial charge in [0, 0.05) is 42.2 Å². The maximum Gasteiger partial charge on any atom is 0.408 e. The van der Waals surface area contributed by atoms with Crippen molar-refractivity contribution < 1.29 is 24.5 Å². The Bertz CT molecular complexity index is 1530. The highest BCUT2D eigenvalue weighted by Gasteiger charge is 2.55. The second kappa shape index (κ2) is 10.9. The summed E-state index contributed by atoms with van der Waals surface area (Å²) in [6, 6.07) is 9.95. The van der Waals surface area contributed by atoms with Crippen LogP contribution in [-0.2, 0) is 5.54 Å². The third-order valence-corrected chi connectivity index (χ3v) is 9.43. The quantitative estimate of drug-likeness (QED) is 0.330. The van der Waals surface area contributed by atoms with Crippen LogP contribution in [0.3, 0.4) is 0 Å². The number of nitrogens with zero attached hydrogens (tertiary/aromatic N) is 2. The number of benzene rings is 2. The van der Waals surface area contributed by atoms with Crippen LogP contribution in [0.1, 0.15) is 55.6 Å². The maximum absolute atomic E-state index is 13.5.